The van der Waals surface area contributed by atoms with Crippen LogP contribution in [0.4, 0.5) is 8.78 Å². The van der Waals surface area contributed by atoms with Gasteiger partial charge in [-0.3, -0.25) is 4.57 Å². The molecule has 4 rings (SSSR count). The van der Waals surface area contributed by atoms with Gasteiger partial charge in [0, 0.05) is 0 Å². The second kappa shape index (κ2) is 9.47. The van der Waals surface area contributed by atoms with Crippen molar-refractivity contribution in [1.82, 2.24) is 9.55 Å². The predicted molar refractivity (Wildman–Crippen MR) is 114 cm³/mol. The Morgan fingerprint density at radius 3 is 2.47 bits per heavy atom. The van der Waals surface area contributed by atoms with Gasteiger partial charge in [0.25, 0.3) is 0 Å². The maximum Gasteiger partial charge on any atom is 0.338 e. The smallest absolute Gasteiger partial charge is 0.338 e. The molecule has 0 unspecified atom stereocenters. The second-order valence-corrected chi connectivity index (χ2v) is 6.88. The zero-order valence-electron chi connectivity index (χ0n) is 17.2. The number of hydrogen-bond acceptors (Lipinski definition) is 5. The molecule has 0 aliphatic rings. The molecule has 1 aromatic heterocycles. The van der Waals surface area contributed by atoms with E-state index in [0.29, 0.717) is 23.6 Å². The van der Waals surface area contributed by atoms with Gasteiger partial charge in [-0.25, -0.2) is 9.78 Å². The van der Waals surface area contributed by atoms with Crippen molar-refractivity contribution in [3.63, 3.8) is 0 Å². The molecule has 0 fully saturated rings. The zero-order valence-corrected chi connectivity index (χ0v) is 17.2. The van der Waals surface area contributed by atoms with Crippen molar-refractivity contribution in [2.24, 2.45) is 0 Å². The highest BCUT2D eigenvalue weighted by molar-refractivity contribution is 5.90. The van der Waals surface area contributed by atoms with E-state index < -0.39 is 19.1 Å². The Bertz CT molecular complexity index is 1230. The van der Waals surface area contributed by atoms with Crippen LogP contribution >= 0.6 is 0 Å². The Morgan fingerprint density at radius 2 is 1.72 bits per heavy atom. The number of nitrogens with zero attached hydrogens (tertiary/aromatic N) is 2. The molecule has 6 nitrogen and oxygen atoms in total. The summed E-state index contributed by atoms with van der Waals surface area (Å²) in [5.41, 5.74) is 1.86. The molecule has 0 amide bonds. The fraction of sp³-hybridized carbons (Fsp3) is 0.167. The number of fused-ring (bicyclic) bond motifs is 1. The van der Waals surface area contributed by atoms with Crippen LogP contribution in [0.2, 0.25) is 0 Å². The fourth-order valence-electron chi connectivity index (χ4n) is 3.28. The number of halogens is 2. The number of imidazole rings is 1. The van der Waals surface area contributed by atoms with Crippen molar-refractivity contribution >= 4 is 17.0 Å². The summed E-state index contributed by atoms with van der Waals surface area (Å²) in [6.45, 7) is -2.87. The lowest BCUT2D eigenvalue weighted by molar-refractivity contribution is 0.0387. The van der Waals surface area contributed by atoms with Gasteiger partial charge in [0.05, 0.1) is 23.7 Å². The third-order valence-electron chi connectivity index (χ3n) is 4.83. The standard InChI is InChI=1S/C24H20F2N2O4/c1-30-21-13-17(11-12-20(21)31-14-16-7-3-2-4-8-16)23(29)32-15-22-27-18-9-5-6-10-19(18)28(22)24(25)26/h2-13,24H,14-15H2,1H3. The molecule has 0 radical (unpaired) electrons. The van der Waals surface area contributed by atoms with E-state index in [9.17, 15) is 13.6 Å². The van der Waals surface area contributed by atoms with Gasteiger partial charge in [-0.2, -0.15) is 8.78 Å². The van der Waals surface area contributed by atoms with Gasteiger partial charge in [-0.1, -0.05) is 42.5 Å². The van der Waals surface area contributed by atoms with Crippen molar-refractivity contribution < 1.29 is 27.8 Å². The van der Waals surface area contributed by atoms with Crippen LogP contribution in [0, 0.1) is 0 Å². The summed E-state index contributed by atoms with van der Waals surface area (Å²) in [6.07, 6.45) is 0. The summed E-state index contributed by atoms with van der Waals surface area (Å²) in [6, 6.07) is 20.7. The van der Waals surface area contributed by atoms with E-state index in [-0.39, 0.29) is 16.9 Å². The van der Waals surface area contributed by atoms with E-state index in [1.807, 2.05) is 30.3 Å². The molecule has 8 heteroatoms. The number of methoxy groups -OCH3 is 1. The monoisotopic (exact) mass is 438 g/mol. The highest BCUT2D eigenvalue weighted by atomic mass is 19.3. The van der Waals surface area contributed by atoms with Gasteiger partial charge < -0.3 is 14.2 Å². The van der Waals surface area contributed by atoms with E-state index in [1.165, 1.54) is 19.2 Å². The number of benzene rings is 3. The van der Waals surface area contributed by atoms with Crippen LogP contribution in [0.25, 0.3) is 11.0 Å². The van der Waals surface area contributed by atoms with E-state index in [1.54, 1.807) is 30.3 Å². The molecule has 32 heavy (non-hydrogen) atoms. The lowest BCUT2D eigenvalue weighted by atomic mass is 10.2. The number of esters is 1. The Morgan fingerprint density at radius 1 is 0.969 bits per heavy atom. The minimum absolute atomic E-state index is 0.0377. The maximum absolute atomic E-state index is 13.5. The Balaban J connectivity index is 1.47. The minimum Gasteiger partial charge on any atom is -0.493 e. The van der Waals surface area contributed by atoms with Crippen molar-refractivity contribution in [3.8, 4) is 11.5 Å². The Kier molecular flexibility index (Phi) is 6.30. The molecular weight excluding hydrogens is 418 g/mol. The minimum atomic E-state index is -2.81. The quantitative estimate of drug-likeness (QED) is 0.346. The first-order valence-electron chi connectivity index (χ1n) is 9.82. The molecule has 0 N–H and O–H groups in total. The summed E-state index contributed by atoms with van der Waals surface area (Å²) in [5.74, 6) is 0.0951. The largest absolute Gasteiger partial charge is 0.493 e. The van der Waals surface area contributed by atoms with Gasteiger partial charge in [0.1, 0.15) is 13.2 Å². The summed E-state index contributed by atoms with van der Waals surface area (Å²) >= 11 is 0. The first-order chi connectivity index (χ1) is 15.6. The van der Waals surface area contributed by atoms with Crippen LogP contribution in [-0.2, 0) is 18.0 Å². The molecule has 1 heterocycles. The molecule has 3 aromatic carbocycles. The van der Waals surface area contributed by atoms with E-state index in [4.69, 9.17) is 14.2 Å². The SMILES string of the molecule is COc1cc(C(=O)OCc2nc3ccccc3n2C(F)F)ccc1OCc1ccccc1. The van der Waals surface area contributed by atoms with Crippen molar-refractivity contribution in [2.45, 2.75) is 19.8 Å². The number of rotatable bonds is 8. The maximum atomic E-state index is 13.5. The van der Waals surface area contributed by atoms with Crippen LogP contribution in [0.5, 0.6) is 11.5 Å². The van der Waals surface area contributed by atoms with Gasteiger partial charge in [0.15, 0.2) is 17.3 Å². The molecule has 0 saturated carbocycles. The molecule has 164 valence electrons. The molecule has 0 saturated heterocycles. The normalized spacial score (nSPS) is 11.0. The lowest BCUT2D eigenvalue weighted by Crippen LogP contribution is -2.11. The van der Waals surface area contributed by atoms with Crippen LogP contribution in [0.3, 0.4) is 0 Å². The summed E-state index contributed by atoms with van der Waals surface area (Å²) in [7, 11) is 1.46. The Labute approximate surface area is 183 Å². The summed E-state index contributed by atoms with van der Waals surface area (Å²) < 4.78 is 44.2. The molecule has 0 bridgehead atoms. The highest BCUT2D eigenvalue weighted by Gasteiger charge is 2.19. The van der Waals surface area contributed by atoms with Gasteiger partial charge >= 0.3 is 12.5 Å². The molecule has 4 aromatic rings. The molecular formula is C24H20F2N2O4. The number of hydrogen-bond donors (Lipinski definition) is 0. The topological polar surface area (TPSA) is 62.6 Å². The van der Waals surface area contributed by atoms with E-state index in [0.717, 1.165) is 10.1 Å². The number of alkyl halides is 2. The van der Waals surface area contributed by atoms with Crippen molar-refractivity contribution in [2.75, 3.05) is 7.11 Å². The highest BCUT2D eigenvalue weighted by Crippen LogP contribution is 2.29. The van der Waals surface area contributed by atoms with Crippen LogP contribution < -0.4 is 9.47 Å². The number of para-hydroxylation sites is 2. The molecule has 0 aliphatic heterocycles. The Hall–Kier alpha value is -3.94. The van der Waals surface area contributed by atoms with Gasteiger partial charge in [-0.05, 0) is 35.9 Å². The van der Waals surface area contributed by atoms with E-state index >= 15 is 0 Å². The van der Waals surface area contributed by atoms with Crippen LogP contribution in [0.1, 0.15) is 28.3 Å². The first kappa shape index (κ1) is 21.3. The third-order valence-corrected chi connectivity index (χ3v) is 4.83. The summed E-state index contributed by atoms with van der Waals surface area (Å²) in [5, 5.41) is 0. The number of carbonyl (C=O) groups is 1. The number of aromatic nitrogens is 2. The molecule has 0 spiro atoms. The molecule has 0 aliphatic carbocycles. The number of ether oxygens (including phenoxy) is 3. The average Bonchev–Trinajstić information content (AvgIpc) is 3.20. The molecule has 0 atom stereocenters. The van der Waals surface area contributed by atoms with Crippen LogP contribution in [0.15, 0.2) is 72.8 Å². The average molecular weight is 438 g/mol. The third kappa shape index (κ3) is 4.54. The van der Waals surface area contributed by atoms with Gasteiger partial charge in [0.2, 0.25) is 0 Å². The van der Waals surface area contributed by atoms with Crippen LogP contribution in [-0.4, -0.2) is 22.6 Å². The zero-order chi connectivity index (χ0) is 22.5. The number of carbonyl (C=O) groups excluding carboxylic acids is 1. The second-order valence-electron chi connectivity index (χ2n) is 6.88. The van der Waals surface area contributed by atoms with Crippen molar-refractivity contribution in [1.29, 1.82) is 0 Å². The lowest BCUT2D eigenvalue weighted by Gasteiger charge is -2.12. The summed E-state index contributed by atoms with van der Waals surface area (Å²) in [4.78, 5) is 16.7. The van der Waals surface area contributed by atoms with Gasteiger partial charge in [-0.15, -0.1) is 0 Å². The van der Waals surface area contributed by atoms with E-state index in [2.05, 4.69) is 4.98 Å². The predicted octanol–water partition coefficient (Wildman–Crippen LogP) is 5.38. The fourth-order valence-corrected chi connectivity index (χ4v) is 3.28. The van der Waals surface area contributed by atoms with Crippen molar-refractivity contribution in [3.05, 3.63) is 89.7 Å². The first-order valence-corrected chi connectivity index (χ1v) is 9.82.